The number of pyridine rings is 1. The van der Waals surface area contributed by atoms with Crippen LogP contribution in [0.4, 0.5) is 13.2 Å². The van der Waals surface area contributed by atoms with Crippen molar-refractivity contribution in [3.63, 3.8) is 0 Å². The van der Waals surface area contributed by atoms with Crippen molar-refractivity contribution < 1.29 is 18.0 Å². The first kappa shape index (κ1) is 11.5. The molecule has 1 aromatic heterocycles. The van der Waals surface area contributed by atoms with Gasteiger partial charge in [-0.15, -0.1) is 0 Å². The molecule has 0 aromatic carbocycles. The molecule has 1 heterocycles. The van der Waals surface area contributed by atoms with E-state index in [1.165, 1.54) is 0 Å². The lowest BCUT2D eigenvalue weighted by Gasteiger charge is -2.03. The lowest BCUT2D eigenvalue weighted by molar-refractivity contribution is 0.107. The maximum atomic E-state index is 13.0. The number of rotatable bonds is 2. The van der Waals surface area contributed by atoms with Crippen LogP contribution in [0, 0.1) is 5.82 Å². The topological polar surface area (TPSA) is 30.0 Å². The molecule has 0 radical (unpaired) electrons. The summed E-state index contributed by atoms with van der Waals surface area (Å²) in [4.78, 5) is 13.7. The van der Waals surface area contributed by atoms with Gasteiger partial charge in [0.25, 0.3) is 11.7 Å². The van der Waals surface area contributed by atoms with Gasteiger partial charge in [0.1, 0.15) is 5.69 Å². The van der Waals surface area contributed by atoms with Gasteiger partial charge in [0, 0.05) is 0 Å². The fourth-order valence-electron chi connectivity index (χ4n) is 0.759. The SMILES string of the molecule is O=C(Cl)c1nc(C(F)F)cc(Br)c1F. The number of alkyl halides is 2. The smallest absolute Gasteiger partial charge is 0.274 e. The van der Waals surface area contributed by atoms with Crippen LogP contribution in [0.3, 0.4) is 0 Å². The second-order valence-electron chi connectivity index (χ2n) is 2.27. The van der Waals surface area contributed by atoms with Crippen molar-refractivity contribution >= 4 is 32.8 Å². The number of nitrogens with zero attached hydrogens (tertiary/aromatic N) is 1. The standard InChI is InChI=1S/C7H2BrClF3NO/c8-2-1-3(7(11)12)13-5(4(2)10)6(9)14/h1,7H. The number of hydrogen-bond donors (Lipinski definition) is 0. The predicted octanol–water partition coefficient (Wildman–Crippen LogP) is 3.30. The minimum Gasteiger partial charge on any atom is -0.274 e. The second-order valence-corrected chi connectivity index (χ2v) is 3.46. The van der Waals surface area contributed by atoms with E-state index in [1.54, 1.807) is 0 Å². The third-order valence-corrected chi connectivity index (χ3v) is 2.10. The molecule has 1 rings (SSSR count). The zero-order valence-corrected chi connectivity index (χ0v) is 8.74. The molecular formula is C7H2BrClF3NO. The van der Waals surface area contributed by atoms with Crippen LogP contribution >= 0.6 is 27.5 Å². The van der Waals surface area contributed by atoms with E-state index in [0.717, 1.165) is 6.07 Å². The van der Waals surface area contributed by atoms with E-state index in [1.807, 2.05) is 0 Å². The average Bonchev–Trinajstić information content (AvgIpc) is 2.08. The molecule has 0 spiro atoms. The molecule has 1 aromatic rings. The van der Waals surface area contributed by atoms with Crippen LogP contribution in [0.5, 0.6) is 0 Å². The second kappa shape index (κ2) is 4.27. The minimum atomic E-state index is -2.89. The van der Waals surface area contributed by atoms with Crippen molar-refractivity contribution in [1.82, 2.24) is 4.98 Å². The lowest BCUT2D eigenvalue weighted by atomic mass is 10.3. The molecule has 0 atom stereocenters. The molecule has 7 heteroatoms. The van der Waals surface area contributed by atoms with Crippen LogP contribution in [-0.4, -0.2) is 10.2 Å². The van der Waals surface area contributed by atoms with Gasteiger partial charge in [0.2, 0.25) is 0 Å². The van der Waals surface area contributed by atoms with E-state index < -0.39 is 28.9 Å². The van der Waals surface area contributed by atoms with Crippen LogP contribution in [-0.2, 0) is 0 Å². The van der Waals surface area contributed by atoms with Gasteiger partial charge < -0.3 is 0 Å². The molecule has 0 unspecified atom stereocenters. The fraction of sp³-hybridized carbons (Fsp3) is 0.143. The zero-order valence-electron chi connectivity index (χ0n) is 6.40. The predicted molar refractivity (Wildman–Crippen MR) is 47.0 cm³/mol. The minimum absolute atomic E-state index is 0.271. The highest BCUT2D eigenvalue weighted by Gasteiger charge is 2.19. The van der Waals surface area contributed by atoms with Gasteiger partial charge in [0.05, 0.1) is 4.47 Å². The molecule has 0 aliphatic carbocycles. The van der Waals surface area contributed by atoms with E-state index in [4.69, 9.17) is 11.6 Å². The quantitative estimate of drug-likeness (QED) is 0.782. The normalized spacial score (nSPS) is 10.7. The molecule has 0 fully saturated rings. The van der Waals surface area contributed by atoms with E-state index in [9.17, 15) is 18.0 Å². The maximum absolute atomic E-state index is 13.0. The molecule has 0 amide bonds. The van der Waals surface area contributed by atoms with E-state index >= 15 is 0 Å². The number of carbonyl (C=O) groups is 1. The summed E-state index contributed by atoms with van der Waals surface area (Å²) in [6.45, 7) is 0. The molecule has 0 saturated carbocycles. The van der Waals surface area contributed by atoms with Gasteiger partial charge in [0.15, 0.2) is 11.5 Å². The Morgan fingerprint density at radius 2 is 2.14 bits per heavy atom. The number of aromatic nitrogens is 1. The van der Waals surface area contributed by atoms with Gasteiger partial charge >= 0.3 is 0 Å². The number of hydrogen-bond acceptors (Lipinski definition) is 2. The Balaban J connectivity index is 3.35. The average molecular weight is 288 g/mol. The molecule has 14 heavy (non-hydrogen) atoms. The highest BCUT2D eigenvalue weighted by molar-refractivity contribution is 9.10. The van der Waals surface area contributed by atoms with Crippen LogP contribution < -0.4 is 0 Å². The van der Waals surface area contributed by atoms with Crippen LogP contribution in [0.25, 0.3) is 0 Å². The summed E-state index contributed by atoms with van der Waals surface area (Å²) in [6.07, 6.45) is -2.89. The van der Waals surface area contributed by atoms with Crippen LogP contribution in [0.15, 0.2) is 10.5 Å². The highest BCUT2D eigenvalue weighted by Crippen LogP contribution is 2.25. The molecular weight excluding hydrogens is 286 g/mol. The third-order valence-electron chi connectivity index (χ3n) is 1.34. The molecule has 2 nitrogen and oxygen atoms in total. The molecule has 0 saturated heterocycles. The van der Waals surface area contributed by atoms with Gasteiger partial charge in [-0.1, -0.05) is 0 Å². The molecule has 0 N–H and O–H groups in total. The third kappa shape index (κ3) is 2.24. The first-order valence-electron chi connectivity index (χ1n) is 3.27. The van der Waals surface area contributed by atoms with E-state index in [2.05, 4.69) is 20.9 Å². The number of halogens is 5. The van der Waals surface area contributed by atoms with E-state index in [-0.39, 0.29) is 4.47 Å². The summed E-state index contributed by atoms with van der Waals surface area (Å²) >= 11 is 7.62. The summed E-state index contributed by atoms with van der Waals surface area (Å²) in [6, 6.07) is 0.795. The Kier molecular flexibility index (Phi) is 3.49. The van der Waals surface area contributed by atoms with Crippen molar-refractivity contribution in [2.45, 2.75) is 6.43 Å². The van der Waals surface area contributed by atoms with Crippen molar-refractivity contribution in [3.8, 4) is 0 Å². The Hall–Kier alpha value is -0.620. The largest absolute Gasteiger partial charge is 0.280 e. The Morgan fingerprint density at radius 3 is 2.57 bits per heavy atom. The van der Waals surface area contributed by atoms with Crippen LogP contribution in [0.2, 0.25) is 0 Å². The van der Waals surface area contributed by atoms with Gasteiger partial charge in [-0.2, -0.15) is 0 Å². The van der Waals surface area contributed by atoms with Crippen molar-refractivity contribution in [3.05, 3.63) is 27.7 Å². The molecule has 0 aliphatic heterocycles. The summed E-state index contributed by atoms with van der Waals surface area (Å²) < 4.78 is 37.1. The van der Waals surface area contributed by atoms with Crippen molar-refractivity contribution in [2.75, 3.05) is 0 Å². The van der Waals surface area contributed by atoms with E-state index in [0.29, 0.717) is 0 Å². The number of carbonyl (C=O) groups excluding carboxylic acids is 1. The van der Waals surface area contributed by atoms with Crippen LogP contribution in [0.1, 0.15) is 22.6 Å². The van der Waals surface area contributed by atoms with Gasteiger partial charge in [-0.25, -0.2) is 18.2 Å². The molecule has 76 valence electrons. The van der Waals surface area contributed by atoms with Gasteiger partial charge in [-0.3, -0.25) is 4.79 Å². The Morgan fingerprint density at radius 1 is 1.57 bits per heavy atom. The first-order valence-corrected chi connectivity index (χ1v) is 4.44. The maximum Gasteiger partial charge on any atom is 0.280 e. The summed E-state index contributed by atoms with van der Waals surface area (Å²) in [7, 11) is 0. The monoisotopic (exact) mass is 287 g/mol. The summed E-state index contributed by atoms with van der Waals surface area (Å²) in [5, 5.41) is -1.22. The zero-order chi connectivity index (χ0) is 10.9. The Bertz CT molecular complexity index is 385. The molecule has 0 aliphatic rings. The van der Waals surface area contributed by atoms with Crippen molar-refractivity contribution in [1.29, 1.82) is 0 Å². The highest BCUT2D eigenvalue weighted by atomic mass is 79.9. The lowest BCUT2D eigenvalue weighted by Crippen LogP contribution is -2.04. The first-order chi connectivity index (χ1) is 6.43. The Labute approximate surface area is 90.2 Å². The molecule has 0 bridgehead atoms. The fourth-order valence-corrected chi connectivity index (χ4v) is 1.31. The van der Waals surface area contributed by atoms with Gasteiger partial charge in [-0.05, 0) is 33.6 Å². The summed E-state index contributed by atoms with van der Waals surface area (Å²) in [5.41, 5.74) is -1.52. The van der Waals surface area contributed by atoms with Crippen molar-refractivity contribution in [2.24, 2.45) is 0 Å². The summed E-state index contributed by atoms with van der Waals surface area (Å²) in [5.74, 6) is -1.05.